The highest BCUT2D eigenvalue weighted by molar-refractivity contribution is 6.13. The first-order valence-corrected chi connectivity index (χ1v) is 19.9. The van der Waals surface area contributed by atoms with Crippen molar-refractivity contribution in [1.29, 1.82) is 5.26 Å². The SMILES string of the molecule is Cc1ccc(-c2ccc3c4ccccc4n(-c4cc(C#N)c(-c5cc(C)nc(C)c5)cc4-n4c5ccccc5c5ccc(-c6ccc(C)cc6C)cc54)c3c2)c(C)c1. The Labute approximate surface area is 338 Å². The topological polar surface area (TPSA) is 46.5 Å². The second-order valence-electron chi connectivity index (χ2n) is 15.9. The number of aryl methyl sites for hydroxylation is 6. The van der Waals surface area contributed by atoms with Gasteiger partial charge in [-0.15, -0.1) is 0 Å². The van der Waals surface area contributed by atoms with Crippen molar-refractivity contribution in [3.63, 3.8) is 0 Å². The zero-order valence-electron chi connectivity index (χ0n) is 33.6. The van der Waals surface area contributed by atoms with Crippen LogP contribution in [0.2, 0.25) is 0 Å². The molecular formula is C54H42N4. The lowest BCUT2D eigenvalue weighted by atomic mass is 9.96. The van der Waals surface area contributed by atoms with Crippen LogP contribution in [0.4, 0.5) is 0 Å². The van der Waals surface area contributed by atoms with Crippen LogP contribution < -0.4 is 0 Å². The molecule has 4 nitrogen and oxygen atoms in total. The number of aromatic nitrogens is 3. The molecule has 0 fully saturated rings. The molecule has 0 aliphatic carbocycles. The van der Waals surface area contributed by atoms with E-state index in [1.807, 2.05) is 13.8 Å². The third-order valence-corrected chi connectivity index (χ3v) is 11.8. The van der Waals surface area contributed by atoms with Gasteiger partial charge in [-0.25, -0.2) is 0 Å². The minimum Gasteiger partial charge on any atom is -0.307 e. The second kappa shape index (κ2) is 13.5. The Morgan fingerprint density at radius 1 is 0.414 bits per heavy atom. The van der Waals surface area contributed by atoms with Crippen LogP contribution in [0.5, 0.6) is 0 Å². The van der Waals surface area contributed by atoms with Gasteiger partial charge in [-0.05, 0) is 129 Å². The fourth-order valence-corrected chi connectivity index (χ4v) is 9.33. The number of rotatable bonds is 5. The second-order valence-corrected chi connectivity index (χ2v) is 15.9. The van der Waals surface area contributed by atoms with E-state index in [0.29, 0.717) is 5.56 Å². The van der Waals surface area contributed by atoms with Crippen molar-refractivity contribution in [2.45, 2.75) is 41.5 Å². The molecule has 0 amide bonds. The van der Waals surface area contributed by atoms with Crippen molar-refractivity contribution < 1.29 is 0 Å². The van der Waals surface area contributed by atoms with Gasteiger partial charge < -0.3 is 9.13 Å². The summed E-state index contributed by atoms with van der Waals surface area (Å²) in [5.74, 6) is 0. The molecule has 10 aromatic rings. The number of hydrogen-bond acceptors (Lipinski definition) is 2. The van der Waals surface area contributed by atoms with E-state index >= 15 is 0 Å². The van der Waals surface area contributed by atoms with E-state index in [4.69, 9.17) is 4.98 Å². The molecule has 0 saturated heterocycles. The molecule has 0 spiro atoms. The Morgan fingerprint density at radius 3 is 1.36 bits per heavy atom. The zero-order chi connectivity index (χ0) is 39.8. The zero-order valence-corrected chi connectivity index (χ0v) is 33.6. The van der Waals surface area contributed by atoms with Crippen LogP contribution in [0.1, 0.15) is 39.2 Å². The first-order valence-electron chi connectivity index (χ1n) is 19.9. The number of para-hydroxylation sites is 2. The summed E-state index contributed by atoms with van der Waals surface area (Å²) in [6.07, 6.45) is 0. The highest BCUT2D eigenvalue weighted by Crippen LogP contribution is 2.43. The Bertz CT molecular complexity index is 3350. The molecule has 58 heavy (non-hydrogen) atoms. The highest BCUT2D eigenvalue weighted by Gasteiger charge is 2.23. The van der Waals surface area contributed by atoms with Gasteiger partial charge in [0.1, 0.15) is 0 Å². The standard InChI is InChI=1S/C54H42N4/c1-32-15-19-42(34(3)23-32)38-17-21-46-44-11-7-9-13-49(44)57(51(46)27-38)53-29-41(31-55)48(40-25-36(5)56-37(6)26-40)30-54(53)58-50-14-10-8-12-45(50)47-22-18-39(28-52(47)58)43-20-16-33(2)24-35(43)4/h7-30H,1-6H3. The summed E-state index contributed by atoms with van der Waals surface area (Å²) in [6.45, 7) is 12.7. The monoisotopic (exact) mass is 746 g/mol. The van der Waals surface area contributed by atoms with Gasteiger partial charge in [0.2, 0.25) is 0 Å². The van der Waals surface area contributed by atoms with Crippen molar-refractivity contribution in [3.05, 3.63) is 185 Å². The van der Waals surface area contributed by atoms with E-state index < -0.39 is 0 Å². The first kappa shape index (κ1) is 35.2. The number of pyridine rings is 1. The molecule has 3 aromatic heterocycles. The fraction of sp³-hybridized carbons (Fsp3) is 0.111. The summed E-state index contributed by atoms with van der Waals surface area (Å²) in [5, 5.41) is 15.7. The fourth-order valence-electron chi connectivity index (χ4n) is 9.33. The smallest absolute Gasteiger partial charge is 0.0998 e. The van der Waals surface area contributed by atoms with Gasteiger partial charge in [0, 0.05) is 38.5 Å². The summed E-state index contributed by atoms with van der Waals surface area (Å²) < 4.78 is 4.81. The van der Waals surface area contributed by atoms with E-state index in [2.05, 4.69) is 188 Å². The maximum atomic E-state index is 11.0. The van der Waals surface area contributed by atoms with E-state index in [0.717, 1.165) is 72.3 Å². The predicted molar refractivity (Wildman–Crippen MR) is 242 cm³/mol. The summed E-state index contributed by atoms with van der Waals surface area (Å²) in [5.41, 5.74) is 20.3. The molecule has 0 aliphatic heterocycles. The summed E-state index contributed by atoms with van der Waals surface area (Å²) >= 11 is 0. The third-order valence-electron chi connectivity index (χ3n) is 11.8. The van der Waals surface area contributed by atoms with Gasteiger partial charge in [0.05, 0.1) is 45.1 Å². The molecule has 0 radical (unpaired) electrons. The molecule has 0 unspecified atom stereocenters. The molecule has 0 atom stereocenters. The van der Waals surface area contributed by atoms with Crippen molar-refractivity contribution in [2.75, 3.05) is 0 Å². The quantitative estimate of drug-likeness (QED) is 0.176. The lowest BCUT2D eigenvalue weighted by Crippen LogP contribution is -2.06. The van der Waals surface area contributed by atoms with Gasteiger partial charge in [0.15, 0.2) is 0 Å². The van der Waals surface area contributed by atoms with Crippen LogP contribution in [0.25, 0.3) is 88.4 Å². The number of nitriles is 1. The van der Waals surface area contributed by atoms with E-state index in [1.165, 1.54) is 49.7 Å². The lowest BCUT2D eigenvalue weighted by molar-refractivity contribution is 1.09. The number of hydrogen-bond donors (Lipinski definition) is 0. The minimum atomic E-state index is 0.608. The number of benzene rings is 7. The number of nitrogens with zero attached hydrogens (tertiary/aromatic N) is 4. The molecule has 4 heteroatoms. The summed E-state index contributed by atoms with van der Waals surface area (Å²) in [7, 11) is 0. The average molecular weight is 747 g/mol. The molecule has 7 aromatic carbocycles. The van der Waals surface area contributed by atoms with E-state index in [9.17, 15) is 5.26 Å². The molecule has 278 valence electrons. The van der Waals surface area contributed by atoms with Gasteiger partial charge >= 0.3 is 0 Å². The van der Waals surface area contributed by atoms with E-state index in [1.54, 1.807) is 0 Å². The molecular weight excluding hydrogens is 705 g/mol. The minimum absolute atomic E-state index is 0.608. The van der Waals surface area contributed by atoms with Crippen LogP contribution in [0, 0.1) is 52.9 Å². The maximum absolute atomic E-state index is 11.0. The van der Waals surface area contributed by atoms with Gasteiger partial charge in [0.25, 0.3) is 0 Å². The van der Waals surface area contributed by atoms with Crippen LogP contribution in [-0.4, -0.2) is 14.1 Å². The Morgan fingerprint density at radius 2 is 0.879 bits per heavy atom. The first-order chi connectivity index (χ1) is 28.2. The predicted octanol–water partition coefficient (Wildman–Crippen LogP) is 14.0. The van der Waals surface area contributed by atoms with Crippen molar-refractivity contribution >= 4 is 43.6 Å². The lowest BCUT2D eigenvalue weighted by Gasteiger charge is -2.20. The van der Waals surface area contributed by atoms with Crippen LogP contribution in [0.3, 0.4) is 0 Å². The third kappa shape index (κ3) is 5.62. The van der Waals surface area contributed by atoms with Crippen LogP contribution in [0.15, 0.2) is 146 Å². The Kier molecular flexibility index (Phi) is 8.18. The largest absolute Gasteiger partial charge is 0.307 e. The molecule has 3 heterocycles. The molecule has 0 aliphatic rings. The Balaban J connectivity index is 1.36. The van der Waals surface area contributed by atoms with E-state index in [-0.39, 0.29) is 0 Å². The van der Waals surface area contributed by atoms with Crippen LogP contribution >= 0.6 is 0 Å². The normalized spacial score (nSPS) is 11.6. The van der Waals surface area contributed by atoms with Crippen molar-refractivity contribution in [2.24, 2.45) is 0 Å². The Hall–Kier alpha value is -7.22. The highest BCUT2D eigenvalue weighted by atomic mass is 15.1. The molecule has 0 bridgehead atoms. The summed E-state index contributed by atoms with van der Waals surface area (Å²) in [6, 6.07) is 55.6. The van der Waals surface area contributed by atoms with Crippen LogP contribution in [-0.2, 0) is 0 Å². The molecule has 0 N–H and O–H groups in total. The van der Waals surface area contributed by atoms with Crippen molar-refractivity contribution in [1.82, 2.24) is 14.1 Å². The van der Waals surface area contributed by atoms with Gasteiger partial charge in [-0.3, -0.25) is 4.98 Å². The molecule has 0 saturated carbocycles. The van der Waals surface area contributed by atoms with Gasteiger partial charge in [-0.1, -0.05) is 108 Å². The number of fused-ring (bicyclic) bond motifs is 6. The van der Waals surface area contributed by atoms with Crippen molar-refractivity contribution in [3.8, 4) is 50.8 Å². The average Bonchev–Trinajstić information content (AvgIpc) is 3.72. The molecule has 10 rings (SSSR count). The van der Waals surface area contributed by atoms with Gasteiger partial charge in [-0.2, -0.15) is 5.26 Å². The summed E-state index contributed by atoms with van der Waals surface area (Å²) in [4.78, 5) is 4.70. The maximum Gasteiger partial charge on any atom is 0.0998 e.